The number of hydrogen-bond donors (Lipinski definition) is 1. The van der Waals surface area contributed by atoms with Crippen molar-refractivity contribution in [3.63, 3.8) is 0 Å². The first-order chi connectivity index (χ1) is 8.58. The predicted molar refractivity (Wildman–Crippen MR) is 71.6 cm³/mol. The third-order valence-corrected chi connectivity index (χ3v) is 3.25. The highest BCUT2D eigenvalue weighted by Gasteiger charge is 2.06. The third kappa shape index (κ3) is 3.15. The Hall–Kier alpha value is -0.790. The molecule has 0 aliphatic carbocycles. The lowest BCUT2D eigenvalue weighted by molar-refractivity contribution is 0.0149. The van der Waals surface area contributed by atoms with Gasteiger partial charge in [-0.1, -0.05) is 15.9 Å². The lowest BCUT2D eigenvalue weighted by atomic mass is 10.3. The Morgan fingerprint density at radius 3 is 2.94 bits per heavy atom. The zero-order valence-electron chi connectivity index (χ0n) is 9.33. The molecule has 2 aromatic rings. The van der Waals surface area contributed by atoms with E-state index >= 15 is 0 Å². The molecule has 7 heteroatoms. The van der Waals surface area contributed by atoms with E-state index in [1.807, 2.05) is 22.8 Å². The molecule has 98 valence electrons. The first-order valence-corrected chi connectivity index (χ1v) is 6.52. The smallest absolute Gasteiger partial charge is 0.261 e. The van der Waals surface area contributed by atoms with Gasteiger partial charge in [-0.15, -0.1) is 0 Å². The van der Waals surface area contributed by atoms with Gasteiger partial charge in [0.2, 0.25) is 0 Å². The number of nitrogens with zero attached hydrogens (tertiary/aromatic N) is 1. The van der Waals surface area contributed by atoms with E-state index in [9.17, 15) is 8.78 Å². The number of fused-ring (bicyclic) bond motifs is 1. The molecule has 0 bridgehead atoms. The van der Waals surface area contributed by atoms with Gasteiger partial charge in [-0.3, -0.25) is 0 Å². The Labute approximate surface area is 116 Å². The number of benzene rings is 1. The first kappa shape index (κ1) is 13.6. The molecule has 1 N–H and O–H groups in total. The van der Waals surface area contributed by atoms with E-state index in [1.165, 1.54) is 0 Å². The molecule has 0 aliphatic rings. The van der Waals surface area contributed by atoms with Gasteiger partial charge in [-0.2, -0.15) is 0 Å². The van der Waals surface area contributed by atoms with Crippen LogP contribution in [0.25, 0.3) is 11.0 Å². The summed E-state index contributed by atoms with van der Waals surface area (Å²) in [5, 5.41) is 0. The van der Waals surface area contributed by atoms with Crippen LogP contribution in [0.1, 0.15) is 0 Å². The van der Waals surface area contributed by atoms with Crippen LogP contribution in [0, 0.1) is 4.77 Å². The second-order valence-corrected chi connectivity index (χ2v) is 5.01. The Morgan fingerprint density at radius 2 is 2.22 bits per heavy atom. The van der Waals surface area contributed by atoms with E-state index in [2.05, 4.69) is 20.9 Å². The summed E-state index contributed by atoms with van der Waals surface area (Å²) in [6.45, 7) is 0.121. The van der Waals surface area contributed by atoms with Crippen LogP contribution in [-0.2, 0) is 11.3 Å². The van der Waals surface area contributed by atoms with Crippen LogP contribution < -0.4 is 0 Å². The molecule has 1 aromatic carbocycles. The predicted octanol–water partition coefficient (Wildman–Crippen LogP) is 3.74. The van der Waals surface area contributed by atoms with E-state index in [0.29, 0.717) is 11.3 Å². The van der Waals surface area contributed by atoms with E-state index in [4.69, 9.17) is 17.0 Å². The van der Waals surface area contributed by atoms with Crippen molar-refractivity contribution in [2.45, 2.75) is 13.0 Å². The topological polar surface area (TPSA) is 29.9 Å². The van der Waals surface area contributed by atoms with Crippen molar-refractivity contribution >= 4 is 39.2 Å². The minimum atomic E-state index is -2.43. The Bertz CT molecular complexity index is 596. The van der Waals surface area contributed by atoms with Crippen molar-refractivity contribution in [1.82, 2.24) is 9.55 Å². The number of alkyl halides is 2. The van der Waals surface area contributed by atoms with E-state index < -0.39 is 13.0 Å². The molecule has 0 aliphatic heterocycles. The van der Waals surface area contributed by atoms with Crippen molar-refractivity contribution < 1.29 is 13.5 Å². The number of hydrogen-bond acceptors (Lipinski definition) is 2. The molecule has 0 fully saturated rings. The normalized spacial score (nSPS) is 11.6. The van der Waals surface area contributed by atoms with Crippen LogP contribution >= 0.6 is 28.1 Å². The number of ether oxygens (including phenoxy) is 1. The average Bonchev–Trinajstić information content (AvgIpc) is 2.59. The molecule has 1 heterocycles. The Kier molecular flexibility index (Phi) is 4.47. The lowest BCUT2D eigenvalue weighted by Crippen LogP contribution is -2.10. The minimum Gasteiger partial charge on any atom is -0.374 e. The fourth-order valence-corrected chi connectivity index (χ4v) is 2.35. The maximum atomic E-state index is 11.9. The van der Waals surface area contributed by atoms with Gasteiger partial charge < -0.3 is 14.3 Å². The van der Waals surface area contributed by atoms with E-state index in [1.54, 1.807) is 0 Å². The summed E-state index contributed by atoms with van der Waals surface area (Å²) in [7, 11) is 0. The fraction of sp³-hybridized carbons (Fsp3) is 0.364. The second-order valence-electron chi connectivity index (χ2n) is 3.71. The molecule has 3 nitrogen and oxygen atoms in total. The van der Waals surface area contributed by atoms with E-state index in [0.717, 1.165) is 15.5 Å². The molecule has 2 rings (SSSR count). The largest absolute Gasteiger partial charge is 0.374 e. The summed E-state index contributed by atoms with van der Waals surface area (Å²) in [5.74, 6) is 0. The summed E-state index contributed by atoms with van der Waals surface area (Å²) in [5.41, 5.74) is 1.84. The van der Waals surface area contributed by atoms with Gasteiger partial charge in [0.1, 0.15) is 6.61 Å². The second kappa shape index (κ2) is 5.90. The summed E-state index contributed by atoms with van der Waals surface area (Å²) < 4.78 is 32.0. The number of aromatic nitrogens is 2. The lowest BCUT2D eigenvalue weighted by Gasteiger charge is -2.05. The molecule has 0 saturated carbocycles. The van der Waals surface area contributed by atoms with Gasteiger partial charge in [0.15, 0.2) is 4.77 Å². The van der Waals surface area contributed by atoms with Gasteiger partial charge in [-0.25, -0.2) is 8.78 Å². The standard InChI is InChI=1S/C11H11BrF2N2OS/c12-7-1-2-9-8(5-7)15-11(18)16(9)3-4-17-6-10(13)14/h1-2,5,10H,3-4,6H2,(H,15,18). The molecular formula is C11H11BrF2N2OS. The Balaban J connectivity index is 2.13. The molecule has 0 amide bonds. The molecule has 1 aromatic heterocycles. The molecule has 0 spiro atoms. The van der Waals surface area contributed by atoms with Crippen molar-refractivity contribution in [2.24, 2.45) is 0 Å². The van der Waals surface area contributed by atoms with Crippen LogP contribution in [0.4, 0.5) is 8.78 Å². The number of halogens is 3. The summed E-state index contributed by atoms with van der Waals surface area (Å²) >= 11 is 8.56. The van der Waals surface area contributed by atoms with Crippen LogP contribution in [0.2, 0.25) is 0 Å². The number of H-pyrrole nitrogens is 1. The molecule has 0 atom stereocenters. The van der Waals surface area contributed by atoms with Gasteiger partial charge in [-0.05, 0) is 30.4 Å². The highest BCUT2D eigenvalue weighted by Crippen LogP contribution is 2.19. The van der Waals surface area contributed by atoms with Gasteiger partial charge in [0, 0.05) is 11.0 Å². The summed E-state index contributed by atoms with van der Waals surface area (Å²) in [6, 6.07) is 5.74. The van der Waals surface area contributed by atoms with Crippen LogP contribution in [0.5, 0.6) is 0 Å². The highest BCUT2D eigenvalue weighted by molar-refractivity contribution is 9.10. The zero-order valence-corrected chi connectivity index (χ0v) is 11.7. The van der Waals surface area contributed by atoms with Gasteiger partial charge in [0.25, 0.3) is 6.43 Å². The fourth-order valence-electron chi connectivity index (χ4n) is 1.69. The average molecular weight is 337 g/mol. The summed E-state index contributed by atoms with van der Waals surface area (Å²) in [6.07, 6.45) is -2.43. The first-order valence-electron chi connectivity index (χ1n) is 5.32. The van der Waals surface area contributed by atoms with Crippen molar-refractivity contribution in [3.8, 4) is 0 Å². The third-order valence-electron chi connectivity index (χ3n) is 2.44. The van der Waals surface area contributed by atoms with Crippen LogP contribution in [0.3, 0.4) is 0 Å². The number of nitrogens with one attached hydrogen (secondary N) is 1. The number of imidazole rings is 1. The molecule has 0 unspecified atom stereocenters. The quantitative estimate of drug-likeness (QED) is 0.665. The molecular weight excluding hydrogens is 326 g/mol. The number of aromatic amines is 1. The zero-order chi connectivity index (χ0) is 13.1. The summed E-state index contributed by atoms with van der Waals surface area (Å²) in [4.78, 5) is 3.06. The van der Waals surface area contributed by atoms with Crippen molar-refractivity contribution in [3.05, 3.63) is 27.4 Å². The van der Waals surface area contributed by atoms with Crippen LogP contribution in [0.15, 0.2) is 22.7 Å². The van der Waals surface area contributed by atoms with Crippen molar-refractivity contribution in [2.75, 3.05) is 13.2 Å². The maximum absolute atomic E-state index is 11.9. The maximum Gasteiger partial charge on any atom is 0.261 e. The molecule has 0 radical (unpaired) electrons. The highest BCUT2D eigenvalue weighted by atomic mass is 79.9. The molecule has 0 saturated heterocycles. The molecule has 18 heavy (non-hydrogen) atoms. The SMILES string of the molecule is FC(F)COCCn1c(=S)[nH]c2cc(Br)ccc21. The van der Waals surface area contributed by atoms with Gasteiger partial charge >= 0.3 is 0 Å². The number of rotatable bonds is 5. The van der Waals surface area contributed by atoms with E-state index in [-0.39, 0.29) is 6.61 Å². The van der Waals surface area contributed by atoms with Crippen molar-refractivity contribution in [1.29, 1.82) is 0 Å². The van der Waals surface area contributed by atoms with Crippen LogP contribution in [-0.4, -0.2) is 29.2 Å². The Morgan fingerprint density at radius 1 is 1.44 bits per heavy atom. The monoisotopic (exact) mass is 336 g/mol. The van der Waals surface area contributed by atoms with Gasteiger partial charge in [0.05, 0.1) is 17.6 Å². The minimum absolute atomic E-state index is 0.210.